The van der Waals surface area contributed by atoms with Crippen molar-refractivity contribution in [1.82, 2.24) is 4.31 Å². The van der Waals surface area contributed by atoms with Crippen LogP contribution < -0.4 is 5.32 Å². The lowest BCUT2D eigenvalue weighted by molar-refractivity contribution is -0.116. The van der Waals surface area contributed by atoms with Gasteiger partial charge in [-0.2, -0.15) is 4.31 Å². The standard InChI is InChI=1S/C22H30N2O3S/c1-4-15-24(16-5-2)28(26,27)21-13-11-20(12-14-21)23-22(25)17-18(3)19-9-7-6-8-10-19/h6-14,18H,4-5,15-17H2,1-3H3,(H,23,25). The van der Waals surface area contributed by atoms with Gasteiger partial charge >= 0.3 is 0 Å². The third-order valence-electron chi connectivity index (χ3n) is 4.58. The highest BCUT2D eigenvalue weighted by Gasteiger charge is 2.23. The van der Waals surface area contributed by atoms with Crippen LogP contribution in [0.3, 0.4) is 0 Å². The summed E-state index contributed by atoms with van der Waals surface area (Å²) < 4.78 is 27.1. The summed E-state index contributed by atoms with van der Waals surface area (Å²) in [6, 6.07) is 16.3. The summed E-state index contributed by atoms with van der Waals surface area (Å²) in [5, 5.41) is 2.85. The number of amides is 1. The average Bonchev–Trinajstić information content (AvgIpc) is 2.68. The lowest BCUT2D eigenvalue weighted by atomic mass is 9.97. The Morgan fingerprint density at radius 3 is 2.07 bits per heavy atom. The van der Waals surface area contributed by atoms with Crippen LogP contribution in [0.1, 0.15) is 51.5 Å². The maximum absolute atomic E-state index is 12.8. The molecule has 2 aromatic carbocycles. The molecule has 1 N–H and O–H groups in total. The van der Waals surface area contributed by atoms with Gasteiger partial charge in [0.25, 0.3) is 0 Å². The second-order valence-electron chi connectivity index (χ2n) is 6.99. The fourth-order valence-corrected chi connectivity index (χ4v) is 4.72. The summed E-state index contributed by atoms with van der Waals surface area (Å²) in [7, 11) is -3.50. The van der Waals surface area contributed by atoms with Crippen LogP contribution in [0, 0.1) is 0 Å². The highest BCUT2D eigenvalue weighted by atomic mass is 32.2. The van der Waals surface area contributed by atoms with E-state index in [1.54, 1.807) is 24.3 Å². The topological polar surface area (TPSA) is 66.5 Å². The Morgan fingerprint density at radius 1 is 0.964 bits per heavy atom. The van der Waals surface area contributed by atoms with Crippen molar-refractivity contribution < 1.29 is 13.2 Å². The van der Waals surface area contributed by atoms with Crippen LogP contribution in [-0.4, -0.2) is 31.7 Å². The van der Waals surface area contributed by atoms with Crippen molar-refractivity contribution in [3.63, 3.8) is 0 Å². The molecule has 2 rings (SSSR count). The molecule has 0 aliphatic carbocycles. The van der Waals surface area contributed by atoms with Crippen LogP contribution in [0.2, 0.25) is 0 Å². The van der Waals surface area contributed by atoms with Crippen molar-refractivity contribution in [1.29, 1.82) is 0 Å². The summed E-state index contributed by atoms with van der Waals surface area (Å²) in [5.74, 6) is 0.0167. The number of rotatable bonds is 10. The van der Waals surface area contributed by atoms with Gasteiger partial charge in [0, 0.05) is 25.2 Å². The molecule has 0 fully saturated rings. The lowest BCUT2D eigenvalue weighted by Gasteiger charge is -2.21. The molecule has 1 atom stereocenters. The monoisotopic (exact) mass is 402 g/mol. The number of anilines is 1. The van der Waals surface area contributed by atoms with E-state index in [4.69, 9.17) is 0 Å². The zero-order valence-corrected chi connectivity index (χ0v) is 17.7. The van der Waals surface area contributed by atoms with E-state index in [0.29, 0.717) is 25.2 Å². The molecule has 6 heteroatoms. The van der Waals surface area contributed by atoms with Crippen molar-refractivity contribution in [3.8, 4) is 0 Å². The minimum absolute atomic E-state index is 0.0921. The second-order valence-corrected chi connectivity index (χ2v) is 8.93. The molecule has 28 heavy (non-hydrogen) atoms. The molecule has 0 aliphatic heterocycles. The summed E-state index contributed by atoms with van der Waals surface area (Å²) in [6.45, 7) is 6.96. The fourth-order valence-electron chi connectivity index (χ4n) is 3.10. The molecule has 5 nitrogen and oxygen atoms in total. The Morgan fingerprint density at radius 2 is 1.54 bits per heavy atom. The molecule has 0 aliphatic rings. The Kier molecular flexibility index (Phi) is 8.20. The Balaban J connectivity index is 2.02. The SMILES string of the molecule is CCCN(CCC)S(=O)(=O)c1ccc(NC(=O)CC(C)c2ccccc2)cc1. The maximum Gasteiger partial charge on any atom is 0.243 e. The van der Waals surface area contributed by atoms with Gasteiger partial charge in [-0.15, -0.1) is 0 Å². The van der Waals surface area contributed by atoms with E-state index in [1.165, 1.54) is 4.31 Å². The normalized spacial score (nSPS) is 12.7. The molecular formula is C22H30N2O3S. The van der Waals surface area contributed by atoms with Gasteiger partial charge in [0.05, 0.1) is 4.90 Å². The molecule has 0 spiro atoms. The lowest BCUT2D eigenvalue weighted by Crippen LogP contribution is -2.32. The van der Waals surface area contributed by atoms with Crippen molar-refractivity contribution in [2.45, 2.75) is 50.8 Å². The van der Waals surface area contributed by atoms with Gasteiger partial charge in [0.1, 0.15) is 0 Å². The molecule has 152 valence electrons. The summed E-state index contributed by atoms with van der Waals surface area (Å²) in [6.07, 6.45) is 1.91. The molecule has 0 heterocycles. The fraction of sp³-hybridized carbons (Fsp3) is 0.409. The van der Waals surface area contributed by atoms with E-state index in [0.717, 1.165) is 18.4 Å². The maximum atomic E-state index is 12.8. The van der Waals surface area contributed by atoms with Crippen molar-refractivity contribution in [2.24, 2.45) is 0 Å². The molecule has 2 aromatic rings. The molecule has 1 unspecified atom stereocenters. The minimum atomic E-state index is -3.50. The van der Waals surface area contributed by atoms with Crippen LogP contribution >= 0.6 is 0 Å². The third-order valence-corrected chi connectivity index (χ3v) is 6.49. The number of carbonyl (C=O) groups excluding carboxylic acids is 1. The van der Waals surface area contributed by atoms with E-state index < -0.39 is 10.0 Å². The first-order chi connectivity index (χ1) is 13.4. The first kappa shape index (κ1) is 22.1. The van der Waals surface area contributed by atoms with Crippen molar-refractivity contribution in [3.05, 3.63) is 60.2 Å². The molecular weight excluding hydrogens is 372 g/mol. The molecule has 0 radical (unpaired) electrons. The van der Waals surface area contributed by atoms with Crippen LogP contribution in [0.25, 0.3) is 0 Å². The zero-order valence-electron chi connectivity index (χ0n) is 16.9. The van der Waals surface area contributed by atoms with Crippen molar-refractivity contribution in [2.75, 3.05) is 18.4 Å². The highest BCUT2D eigenvalue weighted by molar-refractivity contribution is 7.89. The van der Waals surface area contributed by atoms with Gasteiger partial charge in [0.2, 0.25) is 15.9 Å². The summed E-state index contributed by atoms with van der Waals surface area (Å²) in [4.78, 5) is 12.6. The first-order valence-corrected chi connectivity index (χ1v) is 11.3. The van der Waals surface area contributed by atoms with E-state index in [9.17, 15) is 13.2 Å². The number of nitrogens with one attached hydrogen (secondary N) is 1. The Bertz CT molecular complexity index is 843. The molecule has 0 saturated carbocycles. The number of sulfonamides is 1. The number of benzene rings is 2. The number of carbonyl (C=O) groups is 1. The van der Waals surface area contributed by atoms with Gasteiger partial charge in [-0.1, -0.05) is 51.1 Å². The van der Waals surface area contributed by atoms with Crippen LogP contribution in [0.4, 0.5) is 5.69 Å². The van der Waals surface area contributed by atoms with Gasteiger partial charge in [-0.25, -0.2) is 8.42 Å². The van der Waals surface area contributed by atoms with Gasteiger partial charge in [-0.05, 0) is 48.6 Å². The van der Waals surface area contributed by atoms with Gasteiger partial charge < -0.3 is 5.32 Å². The Labute approximate surface area is 168 Å². The third kappa shape index (κ3) is 5.91. The van der Waals surface area contributed by atoms with E-state index in [-0.39, 0.29) is 16.7 Å². The van der Waals surface area contributed by atoms with Gasteiger partial charge in [0.15, 0.2) is 0 Å². The van der Waals surface area contributed by atoms with E-state index >= 15 is 0 Å². The quantitative estimate of drug-likeness (QED) is 0.630. The first-order valence-electron chi connectivity index (χ1n) is 9.83. The minimum Gasteiger partial charge on any atom is -0.326 e. The smallest absolute Gasteiger partial charge is 0.243 e. The summed E-state index contributed by atoms with van der Waals surface area (Å²) >= 11 is 0. The van der Waals surface area contributed by atoms with Gasteiger partial charge in [-0.3, -0.25) is 4.79 Å². The van der Waals surface area contributed by atoms with Crippen LogP contribution in [-0.2, 0) is 14.8 Å². The number of hydrogen-bond acceptors (Lipinski definition) is 3. The van der Waals surface area contributed by atoms with E-state index in [1.807, 2.05) is 51.1 Å². The van der Waals surface area contributed by atoms with Crippen LogP contribution in [0.5, 0.6) is 0 Å². The predicted octanol–water partition coefficient (Wildman–Crippen LogP) is 4.63. The number of hydrogen-bond donors (Lipinski definition) is 1. The zero-order chi connectivity index (χ0) is 20.6. The predicted molar refractivity (Wildman–Crippen MR) is 114 cm³/mol. The number of nitrogens with zero attached hydrogens (tertiary/aromatic N) is 1. The molecule has 0 saturated heterocycles. The highest BCUT2D eigenvalue weighted by Crippen LogP contribution is 2.21. The van der Waals surface area contributed by atoms with Crippen molar-refractivity contribution >= 4 is 21.6 Å². The largest absolute Gasteiger partial charge is 0.326 e. The molecule has 0 aromatic heterocycles. The molecule has 1 amide bonds. The van der Waals surface area contributed by atoms with Crippen LogP contribution in [0.15, 0.2) is 59.5 Å². The molecule has 0 bridgehead atoms. The second kappa shape index (κ2) is 10.4. The summed E-state index contributed by atoms with van der Waals surface area (Å²) in [5.41, 5.74) is 1.72. The average molecular weight is 403 g/mol. The van der Waals surface area contributed by atoms with E-state index in [2.05, 4.69) is 5.32 Å². The Hall–Kier alpha value is -2.18.